The molecular weight excluding hydrogens is 344 g/mol. The van der Waals surface area contributed by atoms with E-state index in [1.165, 1.54) is 36.5 Å². The van der Waals surface area contributed by atoms with Crippen LogP contribution in [0.4, 0.5) is 0 Å². The fourth-order valence-electron chi connectivity index (χ4n) is 2.70. The van der Waals surface area contributed by atoms with Crippen LogP contribution in [-0.4, -0.2) is 55.7 Å². The van der Waals surface area contributed by atoms with Crippen molar-refractivity contribution in [3.05, 3.63) is 34.8 Å². The Bertz CT molecular complexity index is 589. The van der Waals surface area contributed by atoms with Gasteiger partial charge in [-0.25, -0.2) is 9.97 Å². The van der Waals surface area contributed by atoms with Crippen molar-refractivity contribution in [3.8, 4) is 0 Å². The molecular formula is C16H24N4O4S. The second kappa shape index (κ2) is 12.2. The number of hydrogen-bond donors (Lipinski definition) is 2. The van der Waals surface area contributed by atoms with E-state index in [-0.39, 0.29) is 12.9 Å². The molecule has 2 aromatic heterocycles. The molecule has 1 aliphatic rings. The van der Waals surface area contributed by atoms with Crippen LogP contribution in [0.5, 0.6) is 0 Å². The number of aromatic nitrogens is 3. The van der Waals surface area contributed by atoms with Gasteiger partial charge in [-0.05, 0) is 38.8 Å². The number of hydrogen-bond acceptors (Lipinski definition) is 6. The first-order valence-electron chi connectivity index (χ1n) is 7.87. The minimum absolute atomic E-state index is 0.250. The van der Waals surface area contributed by atoms with Crippen LogP contribution in [0, 0.1) is 12.8 Å². The van der Waals surface area contributed by atoms with E-state index in [2.05, 4.69) is 32.6 Å². The molecule has 0 atom stereocenters. The first-order valence-corrected chi connectivity index (χ1v) is 8.75. The van der Waals surface area contributed by atoms with Gasteiger partial charge < -0.3 is 14.8 Å². The van der Waals surface area contributed by atoms with Gasteiger partial charge in [0.15, 0.2) is 0 Å². The zero-order valence-electron chi connectivity index (χ0n) is 14.2. The van der Waals surface area contributed by atoms with E-state index >= 15 is 0 Å². The van der Waals surface area contributed by atoms with Crippen LogP contribution in [0.3, 0.4) is 0 Å². The molecule has 0 radical (unpaired) electrons. The van der Waals surface area contributed by atoms with Crippen molar-refractivity contribution in [1.82, 2.24) is 19.4 Å². The monoisotopic (exact) mass is 368 g/mol. The van der Waals surface area contributed by atoms with Crippen LogP contribution in [0.25, 0.3) is 0 Å². The molecule has 0 saturated carbocycles. The lowest BCUT2D eigenvalue weighted by molar-refractivity contribution is -0.123. The third-order valence-corrected chi connectivity index (χ3v) is 4.87. The summed E-state index contributed by atoms with van der Waals surface area (Å²) in [5.41, 5.74) is 3.15. The fourth-order valence-corrected chi connectivity index (χ4v) is 3.52. The van der Waals surface area contributed by atoms with E-state index in [1.807, 2.05) is 18.0 Å². The number of likely N-dealkylation sites (tertiary alicyclic amines) is 1. The number of aryl methyl sites for hydroxylation is 1. The number of imidazole rings is 1. The van der Waals surface area contributed by atoms with Crippen molar-refractivity contribution in [3.63, 3.8) is 0 Å². The molecule has 0 aliphatic carbocycles. The lowest BCUT2D eigenvalue weighted by Gasteiger charge is -2.31. The fraction of sp³-hybridized carbons (Fsp3) is 0.500. The van der Waals surface area contributed by atoms with E-state index < -0.39 is 0 Å². The Morgan fingerprint density at radius 2 is 1.92 bits per heavy atom. The minimum Gasteiger partial charge on any atom is -0.483 e. The van der Waals surface area contributed by atoms with Crippen LogP contribution in [0.15, 0.2) is 24.2 Å². The van der Waals surface area contributed by atoms with Gasteiger partial charge in [-0.2, -0.15) is 0 Å². The van der Waals surface area contributed by atoms with Crippen molar-refractivity contribution in [2.75, 3.05) is 13.1 Å². The molecule has 8 nitrogen and oxygen atoms in total. The summed E-state index contributed by atoms with van der Waals surface area (Å²) in [6.45, 7) is 6.22. The summed E-state index contributed by atoms with van der Waals surface area (Å²) in [7, 11) is 0. The molecule has 1 saturated heterocycles. The van der Waals surface area contributed by atoms with Crippen molar-refractivity contribution in [2.45, 2.75) is 32.9 Å². The van der Waals surface area contributed by atoms with E-state index in [1.54, 1.807) is 11.3 Å². The Balaban J connectivity index is 0.000000460. The van der Waals surface area contributed by atoms with E-state index in [0.717, 1.165) is 19.0 Å². The molecule has 3 rings (SSSR count). The Kier molecular flexibility index (Phi) is 10.1. The van der Waals surface area contributed by atoms with Crippen LogP contribution in [0.2, 0.25) is 0 Å². The Morgan fingerprint density at radius 3 is 2.40 bits per heavy atom. The Morgan fingerprint density at radius 1 is 1.28 bits per heavy atom. The van der Waals surface area contributed by atoms with Gasteiger partial charge in [-0.15, -0.1) is 11.3 Å². The summed E-state index contributed by atoms with van der Waals surface area (Å²) in [4.78, 5) is 29.1. The van der Waals surface area contributed by atoms with Crippen LogP contribution < -0.4 is 0 Å². The van der Waals surface area contributed by atoms with Gasteiger partial charge in [0.05, 0.1) is 17.5 Å². The topological polar surface area (TPSA) is 109 Å². The summed E-state index contributed by atoms with van der Waals surface area (Å²) in [6, 6.07) is 0. The van der Waals surface area contributed by atoms with Crippen molar-refractivity contribution in [2.24, 2.45) is 5.92 Å². The average molecular weight is 368 g/mol. The van der Waals surface area contributed by atoms with Gasteiger partial charge in [0.1, 0.15) is 0 Å². The summed E-state index contributed by atoms with van der Waals surface area (Å²) in [5.74, 6) is 0.799. The quantitative estimate of drug-likeness (QED) is 0.794. The summed E-state index contributed by atoms with van der Waals surface area (Å²) < 4.78 is 2.20. The number of nitrogens with zero attached hydrogens (tertiary/aromatic N) is 4. The zero-order valence-corrected chi connectivity index (χ0v) is 15.0. The van der Waals surface area contributed by atoms with Gasteiger partial charge in [0.2, 0.25) is 0 Å². The summed E-state index contributed by atoms with van der Waals surface area (Å²) in [6.07, 6.45) is 8.42. The predicted octanol–water partition coefficient (Wildman–Crippen LogP) is 1.96. The van der Waals surface area contributed by atoms with Crippen molar-refractivity contribution in [1.29, 1.82) is 0 Å². The van der Waals surface area contributed by atoms with Crippen molar-refractivity contribution >= 4 is 24.3 Å². The third-order valence-electron chi connectivity index (χ3n) is 3.95. The number of thiazole rings is 1. The van der Waals surface area contributed by atoms with Crippen molar-refractivity contribution < 1.29 is 19.8 Å². The van der Waals surface area contributed by atoms with Crippen LogP contribution in [-0.2, 0) is 22.7 Å². The number of carbonyl (C=O) groups is 2. The van der Waals surface area contributed by atoms with Gasteiger partial charge in [0, 0.05) is 30.4 Å². The highest BCUT2D eigenvalue weighted by Gasteiger charge is 2.20. The molecule has 3 heterocycles. The number of carboxylic acid groups (broad SMARTS) is 2. The zero-order chi connectivity index (χ0) is 18.5. The highest BCUT2D eigenvalue weighted by molar-refractivity contribution is 7.09. The van der Waals surface area contributed by atoms with E-state index in [9.17, 15) is 0 Å². The van der Waals surface area contributed by atoms with Gasteiger partial charge in [-0.1, -0.05) is 0 Å². The summed E-state index contributed by atoms with van der Waals surface area (Å²) in [5, 5.41) is 13.8. The standard InChI is InChI=1S/C14H20N4S.2CH2O2/c1-12-14(19-11-16-12)9-17-5-2-13(3-6-17)8-18-7-4-15-10-18;2*2-1-3/h4,7,10-11,13H,2-3,5-6,8-9H2,1H3;2*1H,(H,2,3). The molecule has 9 heteroatoms. The van der Waals surface area contributed by atoms with Gasteiger partial charge >= 0.3 is 0 Å². The van der Waals surface area contributed by atoms with Gasteiger partial charge in [0.25, 0.3) is 12.9 Å². The molecule has 0 amide bonds. The first-order chi connectivity index (χ1) is 12.1. The second-order valence-electron chi connectivity index (χ2n) is 5.55. The van der Waals surface area contributed by atoms with Crippen LogP contribution >= 0.6 is 11.3 Å². The smallest absolute Gasteiger partial charge is 0.290 e. The molecule has 138 valence electrons. The summed E-state index contributed by atoms with van der Waals surface area (Å²) >= 11 is 1.78. The molecule has 0 unspecified atom stereocenters. The number of rotatable bonds is 4. The minimum atomic E-state index is -0.250. The lowest BCUT2D eigenvalue weighted by Crippen LogP contribution is -2.34. The molecule has 2 aromatic rings. The second-order valence-corrected chi connectivity index (χ2v) is 6.49. The third kappa shape index (κ3) is 7.90. The van der Waals surface area contributed by atoms with Crippen LogP contribution in [0.1, 0.15) is 23.4 Å². The molecule has 2 N–H and O–H groups in total. The molecule has 1 fully saturated rings. The normalized spacial score (nSPS) is 14.6. The highest BCUT2D eigenvalue weighted by Crippen LogP contribution is 2.22. The predicted molar refractivity (Wildman–Crippen MR) is 94.5 cm³/mol. The SMILES string of the molecule is Cc1ncsc1CN1CCC(Cn2ccnc2)CC1.O=CO.O=CO. The average Bonchev–Trinajstić information content (AvgIpc) is 3.23. The first kappa shape index (κ1) is 20.8. The molecule has 25 heavy (non-hydrogen) atoms. The highest BCUT2D eigenvalue weighted by atomic mass is 32.1. The van der Waals surface area contributed by atoms with E-state index in [0.29, 0.717) is 0 Å². The maximum Gasteiger partial charge on any atom is 0.290 e. The Hall–Kier alpha value is -2.26. The molecule has 1 aliphatic heterocycles. The maximum atomic E-state index is 8.36. The Labute approximate surface area is 150 Å². The van der Waals surface area contributed by atoms with Gasteiger partial charge in [-0.3, -0.25) is 14.5 Å². The molecule has 0 bridgehead atoms. The molecule has 0 aromatic carbocycles. The number of piperidine rings is 1. The van der Waals surface area contributed by atoms with E-state index in [4.69, 9.17) is 19.8 Å². The lowest BCUT2D eigenvalue weighted by atomic mass is 9.96. The maximum absolute atomic E-state index is 8.36. The molecule has 0 spiro atoms. The largest absolute Gasteiger partial charge is 0.483 e.